The molecule has 6 heteroatoms. The van der Waals surface area contributed by atoms with Crippen molar-refractivity contribution in [1.82, 2.24) is 4.90 Å². The van der Waals surface area contributed by atoms with E-state index in [0.29, 0.717) is 22.5 Å². The molecule has 0 unspecified atom stereocenters. The lowest BCUT2D eigenvalue weighted by molar-refractivity contribution is -0.146. The first-order chi connectivity index (χ1) is 15.5. The highest BCUT2D eigenvalue weighted by atomic mass is 35.5. The first-order valence-corrected chi connectivity index (χ1v) is 11.6. The van der Waals surface area contributed by atoms with Gasteiger partial charge < -0.3 is 5.32 Å². The third-order valence-electron chi connectivity index (χ3n) is 7.68. The number of amides is 3. The van der Waals surface area contributed by atoms with Crippen molar-refractivity contribution in [2.24, 2.45) is 35.5 Å². The lowest BCUT2D eigenvalue weighted by Gasteiger charge is -2.37. The topological polar surface area (TPSA) is 66.5 Å². The molecular formula is C26H23ClN2O3. The van der Waals surface area contributed by atoms with Crippen molar-refractivity contribution in [2.75, 3.05) is 5.32 Å². The molecule has 162 valence electrons. The summed E-state index contributed by atoms with van der Waals surface area (Å²) in [6.07, 6.45) is 5.68. The average molecular weight is 447 g/mol. The van der Waals surface area contributed by atoms with Gasteiger partial charge in [-0.25, -0.2) is 0 Å². The summed E-state index contributed by atoms with van der Waals surface area (Å²) >= 11 is 6.07. The van der Waals surface area contributed by atoms with Crippen molar-refractivity contribution < 1.29 is 14.4 Å². The molecule has 4 aliphatic carbocycles. The first kappa shape index (κ1) is 19.7. The van der Waals surface area contributed by atoms with E-state index in [1.54, 1.807) is 24.3 Å². The van der Waals surface area contributed by atoms with Crippen LogP contribution in [0.25, 0.3) is 0 Å². The van der Waals surface area contributed by atoms with Gasteiger partial charge in [0.1, 0.15) is 6.04 Å². The van der Waals surface area contributed by atoms with Gasteiger partial charge in [0.25, 0.3) is 0 Å². The Kier molecular flexibility index (Phi) is 4.51. The molecule has 1 N–H and O–H groups in total. The summed E-state index contributed by atoms with van der Waals surface area (Å²) in [7, 11) is 0. The minimum Gasteiger partial charge on any atom is -0.324 e. The molecule has 5 aliphatic rings. The number of imide groups is 1. The molecule has 0 radical (unpaired) electrons. The van der Waals surface area contributed by atoms with Crippen molar-refractivity contribution in [3.63, 3.8) is 0 Å². The van der Waals surface area contributed by atoms with Crippen LogP contribution in [0.4, 0.5) is 5.69 Å². The van der Waals surface area contributed by atoms with Crippen LogP contribution in [0.1, 0.15) is 12.0 Å². The number of benzene rings is 2. The molecule has 3 amide bonds. The summed E-state index contributed by atoms with van der Waals surface area (Å²) in [6, 6.07) is 15.5. The number of halogens is 1. The molecule has 1 aliphatic heterocycles. The van der Waals surface area contributed by atoms with Crippen LogP contribution in [-0.4, -0.2) is 28.7 Å². The highest BCUT2D eigenvalue weighted by Crippen LogP contribution is 2.65. The third-order valence-corrected chi connectivity index (χ3v) is 7.91. The Morgan fingerprint density at radius 1 is 0.969 bits per heavy atom. The molecular weight excluding hydrogens is 424 g/mol. The summed E-state index contributed by atoms with van der Waals surface area (Å²) in [6.45, 7) is 0. The third kappa shape index (κ3) is 3.02. The SMILES string of the molecule is O=C(Nc1cccc(Cl)c1)[C@H](Cc1ccccc1)N1C(=O)[C@@H]2[C@H]3C=C[C@@H]([C@@H]4C[C@@H]34)[C@@H]2C1=O. The summed E-state index contributed by atoms with van der Waals surface area (Å²) in [5, 5.41) is 3.38. The van der Waals surface area contributed by atoms with Crippen molar-refractivity contribution in [3.05, 3.63) is 77.3 Å². The molecule has 1 saturated heterocycles. The minimum atomic E-state index is -0.905. The van der Waals surface area contributed by atoms with Crippen LogP contribution in [-0.2, 0) is 20.8 Å². The number of nitrogens with one attached hydrogen (secondary N) is 1. The number of nitrogens with zero attached hydrogens (tertiary/aromatic N) is 1. The van der Waals surface area contributed by atoms with E-state index in [0.717, 1.165) is 12.0 Å². The number of hydrogen-bond acceptors (Lipinski definition) is 3. The van der Waals surface area contributed by atoms with E-state index >= 15 is 0 Å². The van der Waals surface area contributed by atoms with Crippen molar-refractivity contribution >= 4 is 35.0 Å². The average Bonchev–Trinajstić information content (AvgIpc) is 3.57. The van der Waals surface area contributed by atoms with E-state index in [-0.39, 0.29) is 47.8 Å². The minimum absolute atomic E-state index is 0.129. The maximum Gasteiger partial charge on any atom is 0.248 e. The standard InChI is InChI=1S/C26H23ClN2O3/c27-15-7-4-8-16(12-15)28-24(30)21(11-14-5-2-1-3-6-14)29-25(31)22-17-9-10-18(20-13-19(17)20)23(22)26(29)32/h1-10,12,17-23H,11,13H2,(H,28,30)/t17-,18-,19-,20-,21-,22-,23+/m0/s1. The zero-order chi connectivity index (χ0) is 22.0. The van der Waals surface area contributed by atoms with E-state index in [1.807, 2.05) is 30.3 Å². The van der Waals surface area contributed by atoms with Gasteiger partial charge in [-0.2, -0.15) is 0 Å². The quantitative estimate of drug-likeness (QED) is 0.558. The van der Waals surface area contributed by atoms with Gasteiger partial charge in [-0.3, -0.25) is 19.3 Å². The second-order valence-electron chi connectivity index (χ2n) is 9.41. The highest BCUT2D eigenvalue weighted by molar-refractivity contribution is 6.30. The van der Waals surface area contributed by atoms with E-state index < -0.39 is 6.04 Å². The second kappa shape index (κ2) is 7.31. The van der Waals surface area contributed by atoms with Crippen LogP contribution in [0.5, 0.6) is 0 Å². The molecule has 32 heavy (non-hydrogen) atoms. The van der Waals surface area contributed by atoms with Crippen LogP contribution in [0.15, 0.2) is 66.7 Å². The lowest BCUT2D eigenvalue weighted by Crippen LogP contribution is -2.49. The second-order valence-corrected chi connectivity index (χ2v) is 9.84. The fourth-order valence-corrected chi connectivity index (χ4v) is 6.41. The number of likely N-dealkylation sites (tertiary alicyclic amines) is 1. The molecule has 1 heterocycles. The molecule has 2 aromatic carbocycles. The maximum absolute atomic E-state index is 13.6. The van der Waals surface area contributed by atoms with Gasteiger partial charge in [0, 0.05) is 17.1 Å². The number of rotatable bonds is 5. The van der Waals surface area contributed by atoms with E-state index in [2.05, 4.69) is 17.5 Å². The van der Waals surface area contributed by atoms with Crippen molar-refractivity contribution in [1.29, 1.82) is 0 Å². The summed E-state index contributed by atoms with van der Waals surface area (Å²) in [5.41, 5.74) is 1.44. The van der Waals surface area contributed by atoms with Gasteiger partial charge in [0.15, 0.2) is 0 Å². The normalized spacial score (nSPS) is 32.5. The van der Waals surface area contributed by atoms with Crippen LogP contribution < -0.4 is 5.32 Å². The van der Waals surface area contributed by atoms with Crippen LogP contribution in [0.2, 0.25) is 5.02 Å². The van der Waals surface area contributed by atoms with Crippen molar-refractivity contribution in [3.8, 4) is 0 Å². The molecule has 2 bridgehead atoms. The molecule has 2 saturated carbocycles. The molecule has 7 atom stereocenters. The summed E-state index contributed by atoms with van der Waals surface area (Å²) in [4.78, 5) is 42.0. The predicted octanol–water partition coefficient (Wildman–Crippen LogP) is 3.94. The Bertz CT molecular complexity index is 1110. The van der Waals surface area contributed by atoms with Crippen molar-refractivity contribution in [2.45, 2.75) is 18.9 Å². The highest BCUT2D eigenvalue weighted by Gasteiger charge is 2.67. The van der Waals surface area contributed by atoms with Gasteiger partial charge in [0.2, 0.25) is 17.7 Å². The number of anilines is 1. The largest absolute Gasteiger partial charge is 0.324 e. The first-order valence-electron chi connectivity index (χ1n) is 11.2. The summed E-state index contributed by atoms with van der Waals surface area (Å²) in [5.74, 6) is -0.0843. The molecule has 2 aromatic rings. The van der Waals surface area contributed by atoms with Gasteiger partial charge in [-0.1, -0.05) is 60.2 Å². The van der Waals surface area contributed by atoms with Gasteiger partial charge in [-0.15, -0.1) is 0 Å². The van der Waals surface area contributed by atoms with Gasteiger partial charge in [0.05, 0.1) is 11.8 Å². The lowest BCUT2D eigenvalue weighted by atomic mass is 9.63. The van der Waals surface area contributed by atoms with Crippen LogP contribution in [0.3, 0.4) is 0 Å². The summed E-state index contributed by atoms with van der Waals surface area (Å²) < 4.78 is 0. The molecule has 0 spiro atoms. The molecule has 3 fully saturated rings. The Labute approximate surface area is 191 Å². The zero-order valence-electron chi connectivity index (χ0n) is 17.4. The van der Waals surface area contributed by atoms with E-state index in [9.17, 15) is 14.4 Å². The zero-order valence-corrected chi connectivity index (χ0v) is 18.1. The Morgan fingerprint density at radius 2 is 1.62 bits per heavy atom. The Hall–Kier alpha value is -2.92. The van der Waals surface area contributed by atoms with Crippen LogP contribution >= 0.6 is 11.6 Å². The molecule has 5 nitrogen and oxygen atoms in total. The number of allylic oxidation sites excluding steroid dienone is 2. The smallest absolute Gasteiger partial charge is 0.248 e. The maximum atomic E-state index is 13.6. The predicted molar refractivity (Wildman–Crippen MR) is 121 cm³/mol. The van der Waals surface area contributed by atoms with E-state index in [1.165, 1.54) is 4.90 Å². The fourth-order valence-electron chi connectivity index (χ4n) is 6.22. The molecule has 7 rings (SSSR count). The number of hydrogen-bond donors (Lipinski definition) is 1. The van der Waals surface area contributed by atoms with Gasteiger partial charge >= 0.3 is 0 Å². The fraction of sp³-hybridized carbons (Fsp3) is 0.346. The van der Waals surface area contributed by atoms with Gasteiger partial charge in [-0.05, 0) is 53.9 Å². The number of carbonyl (C=O) groups is 3. The van der Waals surface area contributed by atoms with Crippen LogP contribution in [0, 0.1) is 35.5 Å². The monoisotopic (exact) mass is 446 g/mol. The number of carbonyl (C=O) groups excluding carboxylic acids is 3. The molecule has 0 aromatic heterocycles. The Balaban J connectivity index is 1.33. The van der Waals surface area contributed by atoms with E-state index in [4.69, 9.17) is 11.6 Å². The Morgan fingerprint density at radius 3 is 2.25 bits per heavy atom.